The summed E-state index contributed by atoms with van der Waals surface area (Å²) in [6.07, 6.45) is 2.05. The number of furan rings is 1. The molecule has 6 aromatic rings. The average molecular weight is 412 g/mol. The van der Waals surface area contributed by atoms with Gasteiger partial charge in [0.2, 0.25) is 0 Å². The minimum absolute atomic E-state index is 0.672. The van der Waals surface area contributed by atoms with E-state index in [9.17, 15) is 5.26 Å². The summed E-state index contributed by atoms with van der Waals surface area (Å²) in [6.45, 7) is 4.27. The molecule has 0 amide bonds. The molecule has 0 aliphatic rings. The van der Waals surface area contributed by atoms with Crippen LogP contribution in [-0.2, 0) is 0 Å². The number of fused-ring (bicyclic) bond motifs is 4. The lowest BCUT2D eigenvalue weighted by atomic mass is 9.99. The van der Waals surface area contributed by atoms with Crippen molar-refractivity contribution in [3.05, 3.63) is 102 Å². The minimum Gasteiger partial charge on any atom is -0.456 e. The third kappa shape index (κ3) is 2.89. The molecule has 0 aliphatic heterocycles. The third-order valence-electron chi connectivity index (χ3n) is 6.11. The van der Waals surface area contributed by atoms with Crippen LogP contribution in [0, 0.1) is 25.2 Å². The lowest BCUT2D eigenvalue weighted by Gasteiger charge is -2.07. The van der Waals surface area contributed by atoms with Gasteiger partial charge >= 0.3 is 0 Å². The number of rotatable bonds is 2. The summed E-state index contributed by atoms with van der Waals surface area (Å²) in [5, 5.41) is 12.4. The molecular weight excluding hydrogens is 392 g/mol. The van der Waals surface area contributed by atoms with E-state index in [1.165, 1.54) is 22.3 Å². The van der Waals surface area contributed by atoms with E-state index in [-0.39, 0.29) is 0 Å². The van der Waals surface area contributed by atoms with Gasteiger partial charge in [0.25, 0.3) is 0 Å². The zero-order valence-electron chi connectivity index (χ0n) is 17.9. The maximum atomic E-state index is 9.18. The molecule has 6 rings (SSSR count). The van der Waals surface area contributed by atoms with E-state index < -0.39 is 0 Å². The van der Waals surface area contributed by atoms with Gasteiger partial charge in [-0.3, -0.25) is 0 Å². The average Bonchev–Trinajstić information content (AvgIpc) is 3.38. The lowest BCUT2D eigenvalue weighted by molar-refractivity contribution is 0.669. The van der Waals surface area contributed by atoms with Crippen LogP contribution in [-0.4, -0.2) is 4.57 Å². The van der Waals surface area contributed by atoms with Crippen molar-refractivity contribution in [1.82, 2.24) is 4.57 Å². The predicted molar refractivity (Wildman–Crippen MR) is 130 cm³/mol. The summed E-state index contributed by atoms with van der Waals surface area (Å²) >= 11 is 0. The van der Waals surface area contributed by atoms with Gasteiger partial charge in [-0.25, -0.2) is 0 Å². The van der Waals surface area contributed by atoms with Crippen molar-refractivity contribution < 1.29 is 4.42 Å². The second-order valence-corrected chi connectivity index (χ2v) is 8.44. The Morgan fingerprint density at radius 3 is 2.25 bits per heavy atom. The second kappa shape index (κ2) is 6.87. The second-order valence-electron chi connectivity index (χ2n) is 8.44. The van der Waals surface area contributed by atoms with Gasteiger partial charge in [-0.05, 0) is 79.6 Å². The zero-order chi connectivity index (χ0) is 21.8. The van der Waals surface area contributed by atoms with E-state index in [0.717, 1.165) is 38.5 Å². The molecule has 32 heavy (non-hydrogen) atoms. The highest BCUT2D eigenvalue weighted by molar-refractivity contribution is 6.07. The molecule has 0 saturated heterocycles. The fraction of sp³-hybridized carbons (Fsp3) is 0.0690. The van der Waals surface area contributed by atoms with Crippen LogP contribution in [0.25, 0.3) is 49.7 Å². The van der Waals surface area contributed by atoms with Gasteiger partial charge in [0.05, 0.1) is 17.1 Å². The van der Waals surface area contributed by atoms with Crippen molar-refractivity contribution in [3.63, 3.8) is 0 Å². The Hall–Kier alpha value is -4.29. The number of aromatic nitrogens is 1. The molecule has 0 aliphatic carbocycles. The van der Waals surface area contributed by atoms with Gasteiger partial charge in [-0.2, -0.15) is 5.26 Å². The Labute approximate surface area is 185 Å². The molecule has 0 fully saturated rings. The SMILES string of the molecule is Cc1cc(C)cc(-c2ccc3oc4ccc(-n5ccc6cc(C#N)ccc65)cc4c3c2)c1. The van der Waals surface area contributed by atoms with Crippen LogP contribution < -0.4 is 0 Å². The first kappa shape index (κ1) is 18.5. The van der Waals surface area contributed by atoms with Crippen LogP contribution in [0.2, 0.25) is 0 Å². The number of aryl methyl sites for hydroxylation is 2. The molecule has 0 N–H and O–H groups in total. The van der Waals surface area contributed by atoms with E-state index in [2.05, 4.69) is 79.2 Å². The molecule has 0 unspecified atom stereocenters. The standard InChI is InChI=1S/C29H20N2O/c1-18-11-19(2)13-23(12-18)21-4-7-28-25(15-21)26-16-24(5-8-29(26)32-28)31-10-9-22-14-20(17-30)3-6-27(22)31/h3-16H,1-2H3. The molecule has 3 nitrogen and oxygen atoms in total. The summed E-state index contributed by atoms with van der Waals surface area (Å²) in [5.41, 5.74) is 9.52. The molecule has 2 heterocycles. The van der Waals surface area contributed by atoms with E-state index in [4.69, 9.17) is 4.42 Å². The van der Waals surface area contributed by atoms with Crippen LogP contribution in [0.15, 0.2) is 89.5 Å². The third-order valence-corrected chi connectivity index (χ3v) is 6.11. The molecule has 0 radical (unpaired) electrons. The van der Waals surface area contributed by atoms with Gasteiger partial charge < -0.3 is 8.98 Å². The maximum absolute atomic E-state index is 9.18. The van der Waals surface area contributed by atoms with Crippen LogP contribution in [0.5, 0.6) is 0 Å². The highest BCUT2D eigenvalue weighted by atomic mass is 16.3. The summed E-state index contributed by atoms with van der Waals surface area (Å²) in [7, 11) is 0. The number of hydrogen-bond donors (Lipinski definition) is 0. The quantitative estimate of drug-likeness (QED) is 0.293. The molecule has 3 heteroatoms. The number of nitrogens with zero attached hydrogens (tertiary/aromatic N) is 2. The highest BCUT2D eigenvalue weighted by Gasteiger charge is 2.12. The topological polar surface area (TPSA) is 41.9 Å². The van der Waals surface area contributed by atoms with E-state index >= 15 is 0 Å². The molecule has 0 atom stereocenters. The van der Waals surface area contributed by atoms with Gasteiger partial charge in [-0.1, -0.05) is 35.4 Å². The number of hydrogen-bond acceptors (Lipinski definition) is 2. The Balaban J connectivity index is 1.53. The first-order valence-corrected chi connectivity index (χ1v) is 10.7. The molecule has 0 saturated carbocycles. The smallest absolute Gasteiger partial charge is 0.135 e. The van der Waals surface area contributed by atoms with Gasteiger partial charge in [0, 0.05) is 28.0 Å². The largest absolute Gasteiger partial charge is 0.456 e. The summed E-state index contributed by atoms with van der Waals surface area (Å²) < 4.78 is 8.29. The fourth-order valence-corrected chi connectivity index (χ4v) is 4.67. The number of nitriles is 1. The molecule has 0 spiro atoms. The molecule has 152 valence electrons. The Morgan fingerprint density at radius 1 is 0.719 bits per heavy atom. The maximum Gasteiger partial charge on any atom is 0.135 e. The normalized spacial score (nSPS) is 11.4. The van der Waals surface area contributed by atoms with Crippen molar-refractivity contribution in [3.8, 4) is 22.9 Å². The van der Waals surface area contributed by atoms with Crippen molar-refractivity contribution in [2.24, 2.45) is 0 Å². The number of benzene rings is 4. The van der Waals surface area contributed by atoms with Crippen molar-refractivity contribution >= 4 is 32.8 Å². The van der Waals surface area contributed by atoms with Crippen molar-refractivity contribution in [2.45, 2.75) is 13.8 Å². The first-order chi connectivity index (χ1) is 15.6. The molecular formula is C29H20N2O. The monoisotopic (exact) mass is 412 g/mol. The van der Waals surface area contributed by atoms with Crippen LogP contribution in [0.3, 0.4) is 0 Å². The first-order valence-electron chi connectivity index (χ1n) is 10.7. The van der Waals surface area contributed by atoms with Crippen LogP contribution >= 0.6 is 0 Å². The molecule has 0 bridgehead atoms. The van der Waals surface area contributed by atoms with Gasteiger partial charge in [0.1, 0.15) is 11.2 Å². The highest BCUT2D eigenvalue weighted by Crippen LogP contribution is 2.34. The fourth-order valence-electron chi connectivity index (χ4n) is 4.67. The molecule has 4 aromatic carbocycles. The van der Waals surface area contributed by atoms with Crippen molar-refractivity contribution in [1.29, 1.82) is 5.26 Å². The van der Waals surface area contributed by atoms with Crippen LogP contribution in [0.4, 0.5) is 0 Å². The Morgan fingerprint density at radius 2 is 1.47 bits per heavy atom. The Kier molecular flexibility index (Phi) is 3.96. The predicted octanol–water partition coefficient (Wildman–Crippen LogP) is 7.69. The van der Waals surface area contributed by atoms with Gasteiger partial charge in [0.15, 0.2) is 0 Å². The van der Waals surface area contributed by atoms with Gasteiger partial charge in [-0.15, -0.1) is 0 Å². The van der Waals surface area contributed by atoms with Crippen molar-refractivity contribution in [2.75, 3.05) is 0 Å². The summed E-state index contributed by atoms with van der Waals surface area (Å²) in [6, 6.07) is 29.4. The van der Waals surface area contributed by atoms with E-state index in [0.29, 0.717) is 5.56 Å². The zero-order valence-corrected chi connectivity index (χ0v) is 17.9. The van der Waals surface area contributed by atoms with Crippen LogP contribution in [0.1, 0.15) is 16.7 Å². The summed E-state index contributed by atoms with van der Waals surface area (Å²) in [4.78, 5) is 0. The minimum atomic E-state index is 0.672. The lowest BCUT2D eigenvalue weighted by Crippen LogP contribution is -1.91. The Bertz CT molecular complexity index is 1690. The summed E-state index contributed by atoms with van der Waals surface area (Å²) in [5.74, 6) is 0. The molecule has 2 aromatic heterocycles. The van der Waals surface area contributed by atoms with E-state index in [1.807, 2.05) is 30.3 Å². The van der Waals surface area contributed by atoms with E-state index in [1.54, 1.807) is 0 Å².